The number of non-ortho nitro benzene ring substituents is 1. The standard InChI is InChI=1S/C11H11N3O3/c1-7(2)10-12-11(17-13-10)8-3-5-9(6-4-8)14(15)16/h3-7H,1-2H3. The van der Waals surface area contributed by atoms with Gasteiger partial charge in [0.15, 0.2) is 5.82 Å². The molecule has 2 rings (SSSR count). The fraction of sp³-hybridized carbons (Fsp3) is 0.273. The van der Waals surface area contributed by atoms with Crippen LogP contribution in [-0.2, 0) is 0 Å². The minimum atomic E-state index is -0.447. The summed E-state index contributed by atoms with van der Waals surface area (Å²) in [6.45, 7) is 3.93. The van der Waals surface area contributed by atoms with Crippen molar-refractivity contribution in [1.82, 2.24) is 10.1 Å². The Kier molecular flexibility index (Phi) is 2.86. The number of aromatic nitrogens is 2. The Morgan fingerprint density at radius 3 is 2.41 bits per heavy atom. The predicted molar refractivity (Wildman–Crippen MR) is 60.5 cm³/mol. The molecule has 6 nitrogen and oxygen atoms in total. The fourth-order valence-electron chi connectivity index (χ4n) is 1.31. The van der Waals surface area contributed by atoms with Gasteiger partial charge in [0.05, 0.1) is 4.92 Å². The minimum Gasteiger partial charge on any atom is -0.334 e. The molecule has 2 aromatic rings. The molecule has 0 N–H and O–H groups in total. The van der Waals surface area contributed by atoms with Crippen LogP contribution in [0, 0.1) is 10.1 Å². The van der Waals surface area contributed by atoms with Crippen molar-refractivity contribution in [2.24, 2.45) is 0 Å². The van der Waals surface area contributed by atoms with Crippen molar-refractivity contribution in [3.8, 4) is 11.5 Å². The monoisotopic (exact) mass is 233 g/mol. The lowest BCUT2D eigenvalue weighted by Gasteiger charge is -1.94. The van der Waals surface area contributed by atoms with Gasteiger partial charge in [-0.1, -0.05) is 19.0 Å². The van der Waals surface area contributed by atoms with Crippen LogP contribution in [0.3, 0.4) is 0 Å². The van der Waals surface area contributed by atoms with E-state index in [1.54, 1.807) is 12.1 Å². The van der Waals surface area contributed by atoms with Crippen LogP contribution in [0.15, 0.2) is 28.8 Å². The van der Waals surface area contributed by atoms with Crippen molar-refractivity contribution in [2.45, 2.75) is 19.8 Å². The van der Waals surface area contributed by atoms with E-state index < -0.39 is 4.92 Å². The smallest absolute Gasteiger partial charge is 0.269 e. The SMILES string of the molecule is CC(C)c1noc(-c2ccc([N+](=O)[O-])cc2)n1. The fourth-order valence-corrected chi connectivity index (χ4v) is 1.31. The highest BCUT2D eigenvalue weighted by molar-refractivity contribution is 5.55. The van der Waals surface area contributed by atoms with Crippen molar-refractivity contribution in [3.63, 3.8) is 0 Å². The van der Waals surface area contributed by atoms with E-state index in [4.69, 9.17) is 4.52 Å². The first-order valence-corrected chi connectivity index (χ1v) is 5.16. The maximum absolute atomic E-state index is 10.5. The third-order valence-electron chi connectivity index (χ3n) is 2.28. The van der Waals surface area contributed by atoms with Gasteiger partial charge in [0.1, 0.15) is 0 Å². The van der Waals surface area contributed by atoms with E-state index >= 15 is 0 Å². The normalized spacial score (nSPS) is 10.8. The number of hydrogen-bond donors (Lipinski definition) is 0. The van der Waals surface area contributed by atoms with Gasteiger partial charge in [-0.15, -0.1) is 0 Å². The summed E-state index contributed by atoms with van der Waals surface area (Å²) in [5, 5.41) is 14.3. The molecular weight excluding hydrogens is 222 g/mol. The zero-order valence-electron chi connectivity index (χ0n) is 9.45. The van der Waals surface area contributed by atoms with Gasteiger partial charge >= 0.3 is 0 Å². The molecule has 0 aliphatic rings. The molecular formula is C11H11N3O3. The van der Waals surface area contributed by atoms with E-state index in [1.165, 1.54) is 12.1 Å². The van der Waals surface area contributed by atoms with Crippen LogP contribution in [0.25, 0.3) is 11.5 Å². The van der Waals surface area contributed by atoms with Crippen LogP contribution in [0.2, 0.25) is 0 Å². The summed E-state index contributed by atoms with van der Waals surface area (Å²) in [6.07, 6.45) is 0. The first-order chi connectivity index (χ1) is 8.08. The van der Waals surface area contributed by atoms with Crippen LogP contribution in [0.4, 0.5) is 5.69 Å². The van der Waals surface area contributed by atoms with Crippen molar-refractivity contribution in [3.05, 3.63) is 40.2 Å². The molecule has 17 heavy (non-hydrogen) atoms. The van der Waals surface area contributed by atoms with Gasteiger partial charge in [0.2, 0.25) is 0 Å². The average Bonchev–Trinajstić information content (AvgIpc) is 2.78. The molecule has 1 heterocycles. The highest BCUT2D eigenvalue weighted by atomic mass is 16.6. The molecule has 6 heteroatoms. The lowest BCUT2D eigenvalue weighted by Crippen LogP contribution is -1.90. The van der Waals surface area contributed by atoms with Crippen LogP contribution in [0.1, 0.15) is 25.6 Å². The number of benzene rings is 1. The number of hydrogen-bond acceptors (Lipinski definition) is 5. The van der Waals surface area contributed by atoms with Crippen LogP contribution < -0.4 is 0 Å². The zero-order chi connectivity index (χ0) is 12.4. The first-order valence-electron chi connectivity index (χ1n) is 5.16. The summed E-state index contributed by atoms with van der Waals surface area (Å²) in [5.41, 5.74) is 0.715. The summed E-state index contributed by atoms with van der Waals surface area (Å²) in [7, 11) is 0. The van der Waals surface area contributed by atoms with E-state index in [0.29, 0.717) is 17.3 Å². The Hall–Kier alpha value is -2.24. The van der Waals surface area contributed by atoms with E-state index in [-0.39, 0.29) is 11.6 Å². The van der Waals surface area contributed by atoms with Crippen LogP contribution in [0.5, 0.6) is 0 Å². The Labute approximate surface area is 97.4 Å². The van der Waals surface area contributed by atoms with Gasteiger partial charge in [0.25, 0.3) is 11.6 Å². The molecule has 0 bridgehead atoms. The predicted octanol–water partition coefficient (Wildman–Crippen LogP) is 2.77. The molecule has 0 unspecified atom stereocenters. The Morgan fingerprint density at radius 2 is 1.94 bits per heavy atom. The highest BCUT2D eigenvalue weighted by Gasteiger charge is 2.12. The van der Waals surface area contributed by atoms with Gasteiger partial charge in [-0.05, 0) is 12.1 Å². The van der Waals surface area contributed by atoms with Crippen molar-refractivity contribution < 1.29 is 9.45 Å². The molecule has 0 saturated heterocycles. The highest BCUT2D eigenvalue weighted by Crippen LogP contribution is 2.22. The van der Waals surface area contributed by atoms with Gasteiger partial charge in [0, 0.05) is 23.6 Å². The number of nitrogens with zero attached hydrogens (tertiary/aromatic N) is 3. The molecule has 0 fully saturated rings. The molecule has 0 amide bonds. The Morgan fingerprint density at radius 1 is 1.29 bits per heavy atom. The second-order valence-corrected chi connectivity index (χ2v) is 3.92. The summed E-state index contributed by atoms with van der Waals surface area (Å²) in [6, 6.07) is 6.01. The maximum atomic E-state index is 10.5. The number of nitro benzene ring substituents is 1. The summed E-state index contributed by atoms with van der Waals surface area (Å²) >= 11 is 0. The van der Waals surface area contributed by atoms with E-state index in [9.17, 15) is 10.1 Å². The zero-order valence-corrected chi connectivity index (χ0v) is 9.45. The largest absolute Gasteiger partial charge is 0.334 e. The third-order valence-corrected chi connectivity index (χ3v) is 2.28. The minimum absolute atomic E-state index is 0.0392. The molecule has 0 radical (unpaired) electrons. The Bertz CT molecular complexity index is 531. The summed E-state index contributed by atoms with van der Waals surface area (Å²) in [5.74, 6) is 1.19. The molecule has 0 saturated carbocycles. The van der Waals surface area contributed by atoms with Gasteiger partial charge in [-0.25, -0.2) is 0 Å². The quantitative estimate of drug-likeness (QED) is 0.601. The van der Waals surface area contributed by atoms with Gasteiger partial charge < -0.3 is 4.52 Å². The second kappa shape index (κ2) is 4.32. The van der Waals surface area contributed by atoms with Crippen molar-refractivity contribution in [2.75, 3.05) is 0 Å². The second-order valence-electron chi connectivity index (χ2n) is 3.92. The average molecular weight is 233 g/mol. The van der Waals surface area contributed by atoms with E-state index in [2.05, 4.69) is 10.1 Å². The van der Waals surface area contributed by atoms with Gasteiger partial charge in [-0.3, -0.25) is 10.1 Å². The van der Waals surface area contributed by atoms with Crippen LogP contribution >= 0.6 is 0 Å². The van der Waals surface area contributed by atoms with E-state index in [1.807, 2.05) is 13.8 Å². The van der Waals surface area contributed by atoms with Crippen molar-refractivity contribution in [1.29, 1.82) is 0 Å². The number of nitro groups is 1. The summed E-state index contributed by atoms with van der Waals surface area (Å²) in [4.78, 5) is 14.3. The van der Waals surface area contributed by atoms with Gasteiger partial charge in [-0.2, -0.15) is 4.98 Å². The molecule has 1 aromatic heterocycles. The number of rotatable bonds is 3. The van der Waals surface area contributed by atoms with Crippen molar-refractivity contribution >= 4 is 5.69 Å². The summed E-state index contributed by atoms with van der Waals surface area (Å²) < 4.78 is 5.08. The topological polar surface area (TPSA) is 82.1 Å². The lowest BCUT2D eigenvalue weighted by atomic mass is 10.2. The maximum Gasteiger partial charge on any atom is 0.269 e. The Balaban J connectivity index is 2.30. The molecule has 0 aliphatic heterocycles. The lowest BCUT2D eigenvalue weighted by molar-refractivity contribution is -0.384. The molecule has 0 spiro atoms. The molecule has 1 aromatic carbocycles. The molecule has 88 valence electrons. The first kappa shape index (κ1) is 11.3. The molecule has 0 aliphatic carbocycles. The van der Waals surface area contributed by atoms with Crippen LogP contribution in [-0.4, -0.2) is 15.1 Å². The van der Waals surface area contributed by atoms with E-state index in [0.717, 1.165) is 0 Å². The molecule has 0 atom stereocenters. The third kappa shape index (κ3) is 2.30.